The van der Waals surface area contributed by atoms with Gasteiger partial charge < -0.3 is 9.47 Å². The number of rotatable bonds is 4. The van der Waals surface area contributed by atoms with E-state index in [0.29, 0.717) is 35.2 Å². The lowest BCUT2D eigenvalue weighted by atomic mass is 9.96. The van der Waals surface area contributed by atoms with E-state index >= 15 is 0 Å². The summed E-state index contributed by atoms with van der Waals surface area (Å²) in [5.74, 6) is 0.547. The van der Waals surface area contributed by atoms with Gasteiger partial charge in [-0.1, -0.05) is 18.2 Å². The summed E-state index contributed by atoms with van der Waals surface area (Å²) in [5, 5.41) is 0. The number of aromatic nitrogens is 1. The van der Waals surface area contributed by atoms with Gasteiger partial charge in [-0.15, -0.1) is 0 Å². The SMILES string of the molecule is Fc1cc(C2COC2)ccc1COc1cccc(Br)n1. The van der Waals surface area contributed by atoms with E-state index in [9.17, 15) is 4.39 Å². The summed E-state index contributed by atoms with van der Waals surface area (Å²) in [6.07, 6.45) is 0. The molecule has 2 aromatic rings. The van der Waals surface area contributed by atoms with Gasteiger partial charge in [0.15, 0.2) is 0 Å². The van der Waals surface area contributed by atoms with E-state index in [4.69, 9.17) is 9.47 Å². The van der Waals surface area contributed by atoms with Crippen LogP contribution in [-0.4, -0.2) is 18.2 Å². The highest BCUT2D eigenvalue weighted by Crippen LogP contribution is 2.25. The topological polar surface area (TPSA) is 31.4 Å². The second-order valence-electron chi connectivity index (χ2n) is 4.67. The highest BCUT2D eigenvalue weighted by Gasteiger charge is 2.21. The molecule has 20 heavy (non-hydrogen) atoms. The fraction of sp³-hybridized carbons (Fsp3) is 0.267. The average molecular weight is 338 g/mol. The molecule has 3 rings (SSSR count). The molecule has 0 amide bonds. The highest BCUT2D eigenvalue weighted by atomic mass is 79.9. The third kappa shape index (κ3) is 2.99. The van der Waals surface area contributed by atoms with Crippen LogP contribution in [0.1, 0.15) is 17.0 Å². The van der Waals surface area contributed by atoms with Crippen molar-refractivity contribution in [2.75, 3.05) is 13.2 Å². The number of nitrogens with zero attached hydrogens (tertiary/aromatic N) is 1. The maximum atomic E-state index is 14.0. The molecule has 0 spiro atoms. The molecule has 104 valence electrons. The highest BCUT2D eigenvalue weighted by molar-refractivity contribution is 9.10. The Hall–Kier alpha value is -1.46. The summed E-state index contributed by atoms with van der Waals surface area (Å²) in [6.45, 7) is 1.52. The lowest BCUT2D eigenvalue weighted by Crippen LogP contribution is -2.25. The van der Waals surface area contributed by atoms with Crippen LogP contribution in [0.15, 0.2) is 41.0 Å². The molecule has 5 heteroatoms. The van der Waals surface area contributed by atoms with E-state index in [1.165, 1.54) is 0 Å². The van der Waals surface area contributed by atoms with Gasteiger partial charge in [0.1, 0.15) is 17.0 Å². The van der Waals surface area contributed by atoms with Gasteiger partial charge in [0, 0.05) is 17.5 Å². The van der Waals surface area contributed by atoms with Crippen molar-refractivity contribution in [2.45, 2.75) is 12.5 Å². The van der Waals surface area contributed by atoms with E-state index in [2.05, 4.69) is 20.9 Å². The fourth-order valence-corrected chi connectivity index (χ4v) is 2.31. The largest absolute Gasteiger partial charge is 0.473 e. The predicted molar refractivity (Wildman–Crippen MR) is 76.2 cm³/mol. The standard InChI is InChI=1S/C15H13BrFNO2/c16-14-2-1-3-15(18-14)20-9-11-5-4-10(6-13(11)17)12-7-19-8-12/h1-6,12H,7-9H2. The lowest BCUT2D eigenvalue weighted by molar-refractivity contribution is 0.00830. The Morgan fingerprint density at radius 1 is 1.30 bits per heavy atom. The van der Waals surface area contributed by atoms with Crippen molar-refractivity contribution in [3.8, 4) is 5.88 Å². The summed E-state index contributed by atoms with van der Waals surface area (Å²) < 4.78 is 25.3. The van der Waals surface area contributed by atoms with Gasteiger partial charge in [-0.2, -0.15) is 0 Å². The number of ether oxygens (including phenoxy) is 2. The van der Waals surface area contributed by atoms with Crippen molar-refractivity contribution in [3.05, 3.63) is 57.9 Å². The first-order valence-corrected chi connectivity index (χ1v) is 7.13. The predicted octanol–water partition coefficient (Wildman–Crippen LogP) is 3.68. The summed E-state index contributed by atoms with van der Waals surface area (Å²) in [4.78, 5) is 4.14. The Bertz CT molecular complexity index is 617. The number of benzene rings is 1. The molecular formula is C15H13BrFNO2. The van der Waals surface area contributed by atoms with Crippen LogP contribution in [0, 0.1) is 5.82 Å². The molecule has 1 aliphatic rings. The van der Waals surface area contributed by atoms with Crippen LogP contribution < -0.4 is 4.74 Å². The number of pyridine rings is 1. The van der Waals surface area contributed by atoms with Crippen LogP contribution in [0.25, 0.3) is 0 Å². The maximum absolute atomic E-state index is 14.0. The van der Waals surface area contributed by atoms with Crippen molar-refractivity contribution in [1.82, 2.24) is 4.98 Å². The zero-order valence-electron chi connectivity index (χ0n) is 10.7. The average Bonchev–Trinajstić information content (AvgIpc) is 2.36. The summed E-state index contributed by atoms with van der Waals surface area (Å²) >= 11 is 3.27. The van der Waals surface area contributed by atoms with Crippen LogP contribution in [0.3, 0.4) is 0 Å². The Morgan fingerprint density at radius 2 is 2.15 bits per heavy atom. The molecule has 0 unspecified atom stereocenters. The molecule has 2 heterocycles. The normalized spacial score (nSPS) is 14.9. The summed E-state index contributed by atoms with van der Waals surface area (Å²) in [5.41, 5.74) is 1.51. The molecule has 1 aromatic heterocycles. The molecule has 0 aliphatic carbocycles. The van der Waals surface area contributed by atoms with Crippen molar-refractivity contribution < 1.29 is 13.9 Å². The van der Waals surface area contributed by atoms with Crippen molar-refractivity contribution >= 4 is 15.9 Å². The lowest BCUT2D eigenvalue weighted by Gasteiger charge is -2.26. The Balaban J connectivity index is 1.68. The monoisotopic (exact) mass is 337 g/mol. The van der Waals surface area contributed by atoms with Gasteiger partial charge in [-0.3, -0.25) is 0 Å². The second-order valence-corrected chi connectivity index (χ2v) is 5.48. The summed E-state index contributed by atoms with van der Waals surface area (Å²) in [6, 6.07) is 10.6. The zero-order chi connectivity index (χ0) is 13.9. The minimum atomic E-state index is -0.246. The molecule has 0 atom stereocenters. The van der Waals surface area contributed by atoms with Crippen molar-refractivity contribution in [2.24, 2.45) is 0 Å². The summed E-state index contributed by atoms with van der Waals surface area (Å²) in [7, 11) is 0. The molecule has 0 N–H and O–H groups in total. The molecule has 0 bridgehead atoms. The molecule has 1 aromatic carbocycles. The first-order valence-electron chi connectivity index (χ1n) is 6.34. The van der Waals surface area contributed by atoms with Gasteiger partial charge in [0.2, 0.25) is 5.88 Å². The molecule has 0 saturated carbocycles. The maximum Gasteiger partial charge on any atom is 0.214 e. The first kappa shape index (κ1) is 13.5. The van der Waals surface area contributed by atoms with Gasteiger partial charge in [-0.25, -0.2) is 9.37 Å². The van der Waals surface area contributed by atoms with Gasteiger partial charge >= 0.3 is 0 Å². The van der Waals surface area contributed by atoms with E-state index in [0.717, 1.165) is 5.56 Å². The van der Waals surface area contributed by atoms with Crippen LogP contribution >= 0.6 is 15.9 Å². The number of hydrogen-bond donors (Lipinski definition) is 0. The Morgan fingerprint density at radius 3 is 2.80 bits per heavy atom. The molecule has 1 fully saturated rings. The van der Waals surface area contributed by atoms with Crippen LogP contribution in [-0.2, 0) is 11.3 Å². The van der Waals surface area contributed by atoms with Crippen LogP contribution in [0.4, 0.5) is 4.39 Å². The second kappa shape index (κ2) is 5.89. The number of hydrogen-bond acceptors (Lipinski definition) is 3. The fourth-order valence-electron chi connectivity index (χ4n) is 1.98. The molecular weight excluding hydrogens is 325 g/mol. The first-order chi connectivity index (χ1) is 9.72. The number of halogens is 2. The van der Waals surface area contributed by atoms with Gasteiger partial charge in [0.25, 0.3) is 0 Å². The molecule has 3 nitrogen and oxygen atoms in total. The third-order valence-electron chi connectivity index (χ3n) is 3.25. The zero-order valence-corrected chi connectivity index (χ0v) is 12.3. The minimum absolute atomic E-state index is 0.163. The van der Waals surface area contributed by atoms with Gasteiger partial charge in [-0.05, 0) is 33.6 Å². The molecule has 0 radical (unpaired) electrons. The van der Waals surface area contributed by atoms with Gasteiger partial charge in [0.05, 0.1) is 13.2 Å². The van der Waals surface area contributed by atoms with E-state index in [1.54, 1.807) is 18.2 Å². The Labute approximate surface area is 124 Å². The quantitative estimate of drug-likeness (QED) is 0.797. The van der Waals surface area contributed by atoms with Crippen molar-refractivity contribution in [1.29, 1.82) is 0 Å². The van der Waals surface area contributed by atoms with Crippen LogP contribution in [0.2, 0.25) is 0 Å². The third-order valence-corrected chi connectivity index (χ3v) is 3.69. The van der Waals surface area contributed by atoms with Crippen molar-refractivity contribution in [3.63, 3.8) is 0 Å². The minimum Gasteiger partial charge on any atom is -0.473 e. The Kier molecular flexibility index (Phi) is 3.98. The van der Waals surface area contributed by atoms with E-state index in [-0.39, 0.29) is 12.4 Å². The smallest absolute Gasteiger partial charge is 0.214 e. The van der Waals surface area contributed by atoms with E-state index in [1.807, 2.05) is 18.2 Å². The molecule has 1 saturated heterocycles. The van der Waals surface area contributed by atoms with E-state index < -0.39 is 0 Å². The molecule has 1 aliphatic heterocycles. The van der Waals surface area contributed by atoms with Crippen LogP contribution in [0.5, 0.6) is 5.88 Å².